The predicted octanol–water partition coefficient (Wildman–Crippen LogP) is 1.53. The topological polar surface area (TPSA) is 98.9 Å². The average molecular weight is 269 g/mol. The van der Waals surface area contributed by atoms with Crippen LogP contribution in [-0.4, -0.2) is 35.8 Å². The molecular weight excluding hydrogens is 254 g/mol. The Bertz CT molecular complexity index is 473. The molecule has 0 unspecified atom stereocenters. The Hall–Kier alpha value is -2.15. The molecule has 7 nitrogen and oxygen atoms in total. The first-order valence-corrected chi connectivity index (χ1v) is 5.67. The minimum Gasteiger partial charge on any atom is -0.491 e. The fraction of sp³-hybridized carbons (Fsp3) is 0.417. The Morgan fingerprint density at radius 2 is 2.21 bits per heavy atom. The van der Waals surface area contributed by atoms with E-state index in [-0.39, 0.29) is 17.9 Å². The fourth-order valence-corrected chi connectivity index (χ4v) is 1.35. The highest BCUT2D eigenvalue weighted by atomic mass is 16.6. The first-order chi connectivity index (χ1) is 8.99. The number of hydrogen-bond acceptors (Lipinski definition) is 6. The third-order valence-corrected chi connectivity index (χ3v) is 2.48. The summed E-state index contributed by atoms with van der Waals surface area (Å²) >= 11 is 0. The zero-order valence-corrected chi connectivity index (χ0v) is 10.7. The van der Waals surface area contributed by atoms with Crippen LogP contribution in [0.5, 0.6) is 5.75 Å². The Morgan fingerprint density at radius 1 is 1.53 bits per heavy atom. The molecule has 104 valence electrons. The number of carbonyl (C=O) groups is 1. The number of esters is 1. The van der Waals surface area contributed by atoms with Crippen molar-refractivity contribution in [2.24, 2.45) is 0 Å². The van der Waals surface area contributed by atoms with E-state index in [0.717, 1.165) is 13.2 Å². The molecule has 19 heavy (non-hydrogen) atoms. The van der Waals surface area contributed by atoms with Gasteiger partial charge in [-0.3, -0.25) is 10.1 Å². The number of ether oxygens (including phenoxy) is 2. The van der Waals surface area contributed by atoms with Crippen LogP contribution in [0.25, 0.3) is 0 Å². The fourth-order valence-electron chi connectivity index (χ4n) is 1.35. The van der Waals surface area contributed by atoms with Gasteiger partial charge in [0.05, 0.1) is 24.2 Å². The van der Waals surface area contributed by atoms with Crippen molar-refractivity contribution in [3.63, 3.8) is 0 Å². The quantitative estimate of drug-likeness (QED) is 0.477. The molecule has 0 spiro atoms. The Kier molecular flexibility index (Phi) is 5.25. The van der Waals surface area contributed by atoms with Crippen LogP contribution in [0, 0.1) is 10.1 Å². The maximum atomic E-state index is 11.4. The largest absolute Gasteiger partial charge is 0.491 e. The van der Waals surface area contributed by atoms with E-state index in [2.05, 4.69) is 4.74 Å². The molecule has 0 fully saturated rings. The summed E-state index contributed by atoms with van der Waals surface area (Å²) in [6.45, 7) is 1.82. The van der Waals surface area contributed by atoms with Crippen LogP contribution in [0.15, 0.2) is 18.2 Å². The van der Waals surface area contributed by atoms with E-state index in [1.54, 1.807) is 6.92 Å². The molecule has 0 saturated carbocycles. The standard InChI is InChI=1S/C12H15NO6/c1-3-8(14)7-19-9-4-5-10(12(15)18-2)11(6-9)13(16)17/h4-6,8,14H,3,7H2,1-2H3/t8-/m0/s1. The number of hydrogen-bond donors (Lipinski definition) is 1. The second-order valence-corrected chi connectivity index (χ2v) is 3.80. The van der Waals surface area contributed by atoms with Gasteiger partial charge < -0.3 is 14.6 Å². The smallest absolute Gasteiger partial charge is 0.344 e. The normalized spacial score (nSPS) is 11.7. The van der Waals surface area contributed by atoms with Gasteiger partial charge in [0.15, 0.2) is 0 Å². The molecular formula is C12H15NO6. The molecule has 7 heteroatoms. The van der Waals surface area contributed by atoms with Crippen LogP contribution in [-0.2, 0) is 4.74 Å². The van der Waals surface area contributed by atoms with Crippen molar-refractivity contribution in [1.29, 1.82) is 0 Å². The Labute approximate surface area is 109 Å². The van der Waals surface area contributed by atoms with Gasteiger partial charge in [-0.15, -0.1) is 0 Å². The first kappa shape index (κ1) is 14.9. The van der Waals surface area contributed by atoms with E-state index in [1.807, 2.05) is 0 Å². The maximum Gasteiger partial charge on any atom is 0.344 e. The number of methoxy groups -OCH3 is 1. The van der Waals surface area contributed by atoms with Gasteiger partial charge >= 0.3 is 5.97 Å². The second-order valence-electron chi connectivity index (χ2n) is 3.80. The van der Waals surface area contributed by atoms with Crippen molar-refractivity contribution in [3.8, 4) is 5.75 Å². The Balaban J connectivity index is 2.96. The van der Waals surface area contributed by atoms with Crippen LogP contribution < -0.4 is 4.74 Å². The molecule has 1 aromatic rings. The van der Waals surface area contributed by atoms with Gasteiger partial charge in [-0.2, -0.15) is 0 Å². The summed E-state index contributed by atoms with van der Waals surface area (Å²) in [6, 6.07) is 3.81. The van der Waals surface area contributed by atoms with E-state index in [4.69, 9.17) is 4.74 Å². The number of aliphatic hydroxyl groups excluding tert-OH is 1. The van der Waals surface area contributed by atoms with Gasteiger partial charge in [-0.1, -0.05) is 6.92 Å². The number of nitrogens with zero attached hydrogens (tertiary/aromatic N) is 1. The zero-order valence-electron chi connectivity index (χ0n) is 10.7. The van der Waals surface area contributed by atoms with Crippen LogP contribution in [0.3, 0.4) is 0 Å². The Morgan fingerprint density at radius 3 is 2.74 bits per heavy atom. The molecule has 1 rings (SSSR count). The second kappa shape index (κ2) is 6.69. The minimum atomic E-state index is -0.785. The number of rotatable bonds is 6. The molecule has 1 aromatic carbocycles. The van der Waals surface area contributed by atoms with Gasteiger partial charge in [0.25, 0.3) is 5.69 Å². The lowest BCUT2D eigenvalue weighted by Gasteiger charge is -2.10. The molecule has 0 aromatic heterocycles. The summed E-state index contributed by atoms with van der Waals surface area (Å²) in [5.74, 6) is -0.571. The third-order valence-electron chi connectivity index (χ3n) is 2.48. The van der Waals surface area contributed by atoms with E-state index < -0.39 is 22.7 Å². The highest BCUT2D eigenvalue weighted by Gasteiger charge is 2.21. The molecule has 0 heterocycles. The SMILES string of the molecule is CC[C@H](O)COc1ccc(C(=O)OC)c([N+](=O)[O-])c1. The molecule has 0 bridgehead atoms. The van der Waals surface area contributed by atoms with Crippen LogP contribution in [0.2, 0.25) is 0 Å². The molecule has 0 saturated heterocycles. The van der Waals surface area contributed by atoms with E-state index in [1.165, 1.54) is 12.1 Å². The molecule has 0 aliphatic heterocycles. The summed E-state index contributed by atoms with van der Waals surface area (Å²) < 4.78 is 9.67. The number of carbonyl (C=O) groups excluding carboxylic acids is 1. The molecule has 1 atom stereocenters. The van der Waals surface area contributed by atoms with Crippen molar-refractivity contribution >= 4 is 11.7 Å². The van der Waals surface area contributed by atoms with Crippen molar-refractivity contribution in [1.82, 2.24) is 0 Å². The van der Waals surface area contributed by atoms with Crippen molar-refractivity contribution in [3.05, 3.63) is 33.9 Å². The van der Waals surface area contributed by atoms with Crippen LogP contribution >= 0.6 is 0 Å². The highest BCUT2D eigenvalue weighted by Crippen LogP contribution is 2.25. The molecule has 0 aliphatic rings. The zero-order chi connectivity index (χ0) is 14.4. The highest BCUT2D eigenvalue weighted by molar-refractivity contribution is 5.94. The summed E-state index contributed by atoms with van der Waals surface area (Å²) in [5.41, 5.74) is -0.536. The van der Waals surface area contributed by atoms with E-state index in [9.17, 15) is 20.0 Å². The molecule has 0 amide bonds. The monoisotopic (exact) mass is 269 g/mol. The molecule has 1 N–H and O–H groups in total. The molecule has 0 radical (unpaired) electrons. The summed E-state index contributed by atoms with van der Waals surface area (Å²) in [6.07, 6.45) is -0.123. The lowest BCUT2D eigenvalue weighted by Crippen LogP contribution is -2.16. The maximum absolute atomic E-state index is 11.4. The minimum absolute atomic E-state index is 0.0330. The van der Waals surface area contributed by atoms with E-state index >= 15 is 0 Å². The van der Waals surface area contributed by atoms with Gasteiger partial charge in [0, 0.05) is 0 Å². The van der Waals surface area contributed by atoms with Crippen molar-refractivity contribution in [2.45, 2.75) is 19.4 Å². The number of benzene rings is 1. The molecule has 0 aliphatic carbocycles. The average Bonchev–Trinajstić information content (AvgIpc) is 2.43. The van der Waals surface area contributed by atoms with Gasteiger partial charge in [-0.05, 0) is 18.6 Å². The van der Waals surface area contributed by atoms with Gasteiger partial charge in [0.1, 0.15) is 17.9 Å². The number of nitro benzene ring substituents is 1. The predicted molar refractivity (Wildman–Crippen MR) is 66.2 cm³/mol. The van der Waals surface area contributed by atoms with Crippen LogP contribution in [0.4, 0.5) is 5.69 Å². The lowest BCUT2D eigenvalue weighted by molar-refractivity contribution is -0.385. The summed E-state index contributed by atoms with van der Waals surface area (Å²) in [7, 11) is 1.15. The van der Waals surface area contributed by atoms with Crippen LogP contribution in [0.1, 0.15) is 23.7 Å². The van der Waals surface area contributed by atoms with E-state index in [0.29, 0.717) is 6.42 Å². The summed E-state index contributed by atoms with van der Waals surface area (Å²) in [4.78, 5) is 21.6. The van der Waals surface area contributed by atoms with Gasteiger partial charge in [-0.25, -0.2) is 4.79 Å². The third kappa shape index (κ3) is 3.92. The van der Waals surface area contributed by atoms with Crippen molar-refractivity contribution < 1.29 is 24.3 Å². The van der Waals surface area contributed by atoms with Crippen molar-refractivity contribution in [2.75, 3.05) is 13.7 Å². The lowest BCUT2D eigenvalue weighted by atomic mass is 10.1. The van der Waals surface area contributed by atoms with Gasteiger partial charge in [0.2, 0.25) is 0 Å². The number of aliphatic hydroxyl groups is 1. The first-order valence-electron chi connectivity index (χ1n) is 5.67. The number of nitro groups is 1. The summed E-state index contributed by atoms with van der Waals surface area (Å²) in [5, 5.41) is 20.2.